The summed E-state index contributed by atoms with van der Waals surface area (Å²) in [6.45, 7) is 3.72. The summed E-state index contributed by atoms with van der Waals surface area (Å²) in [6.07, 6.45) is 1.21. The van der Waals surface area contributed by atoms with Crippen LogP contribution in [0.1, 0.15) is 12.5 Å². The van der Waals surface area contributed by atoms with Crippen molar-refractivity contribution in [3.8, 4) is 0 Å². The van der Waals surface area contributed by atoms with Crippen LogP contribution in [0.5, 0.6) is 0 Å². The lowest BCUT2D eigenvalue weighted by Crippen LogP contribution is -2.11. The molecule has 0 amide bonds. The Labute approximate surface area is 85.1 Å². The highest BCUT2D eigenvalue weighted by Crippen LogP contribution is 2.09. The minimum Gasteiger partial charge on any atom is -0.313 e. The van der Waals surface area contributed by atoms with Gasteiger partial charge >= 0.3 is 0 Å². The van der Waals surface area contributed by atoms with E-state index in [1.165, 1.54) is 6.26 Å². The third-order valence-corrected chi connectivity index (χ3v) is 3.06. The van der Waals surface area contributed by atoms with Gasteiger partial charge in [-0.3, -0.25) is 0 Å². The van der Waals surface area contributed by atoms with Crippen LogP contribution in [-0.2, 0) is 16.4 Å². The molecule has 78 valence electrons. The van der Waals surface area contributed by atoms with Crippen molar-refractivity contribution in [1.82, 2.24) is 5.32 Å². The molecule has 14 heavy (non-hydrogen) atoms. The van der Waals surface area contributed by atoms with Crippen LogP contribution in [0.25, 0.3) is 0 Å². The summed E-state index contributed by atoms with van der Waals surface area (Å²) in [5.74, 6) is 0. The topological polar surface area (TPSA) is 46.2 Å². The van der Waals surface area contributed by atoms with E-state index in [2.05, 4.69) is 5.32 Å². The van der Waals surface area contributed by atoms with E-state index < -0.39 is 9.84 Å². The highest BCUT2D eigenvalue weighted by atomic mass is 32.2. The second-order valence-corrected chi connectivity index (χ2v) is 5.21. The fraction of sp³-hybridized carbons (Fsp3) is 0.400. The van der Waals surface area contributed by atoms with Crippen molar-refractivity contribution >= 4 is 9.84 Å². The molecular weight excluding hydrogens is 198 g/mol. The highest BCUT2D eigenvalue weighted by Gasteiger charge is 2.05. The summed E-state index contributed by atoms with van der Waals surface area (Å²) < 4.78 is 22.3. The molecule has 0 fully saturated rings. The average molecular weight is 213 g/mol. The van der Waals surface area contributed by atoms with Gasteiger partial charge in [0.15, 0.2) is 9.84 Å². The Morgan fingerprint density at radius 3 is 2.21 bits per heavy atom. The minimum absolute atomic E-state index is 0.373. The quantitative estimate of drug-likeness (QED) is 0.817. The summed E-state index contributed by atoms with van der Waals surface area (Å²) in [7, 11) is -3.06. The Morgan fingerprint density at radius 1 is 1.21 bits per heavy atom. The summed E-state index contributed by atoms with van der Waals surface area (Å²) in [5.41, 5.74) is 1.10. The summed E-state index contributed by atoms with van der Waals surface area (Å²) in [4.78, 5) is 0.373. The van der Waals surface area contributed by atoms with Gasteiger partial charge in [-0.25, -0.2) is 8.42 Å². The molecule has 0 atom stereocenters. The van der Waals surface area contributed by atoms with Gasteiger partial charge < -0.3 is 5.32 Å². The lowest BCUT2D eigenvalue weighted by Gasteiger charge is -2.03. The minimum atomic E-state index is -3.06. The maximum atomic E-state index is 11.1. The molecule has 4 heteroatoms. The van der Waals surface area contributed by atoms with Crippen LogP contribution in [0, 0.1) is 0 Å². The van der Waals surface area contributed by atoms with Crippen molar-refractivity contribution < 1.29 is 8.42 Å². The fourth-order valence-corrected chi connectivity index (χ4v) is 1.75. The van der Waals surface area contributed by atoms with E-state index in [-0.39, 0.29) is 0 Å². The highest BCUT2D eigenvalue weighted by molar-refractivity contribution is 7.90. The Morgan fingerprint density at radius 2 is 1.79 bits per heavy atom. The fourth-order valence-electron chi connectivity index (χ4n) is 1.12. The van der Waals surface area contributed by atoms with Crippen LogP contribution >= 0.6 is 0 Å². The molecule has 1 aromatic rings. The molecule has 0 aromatic heterocycles. The molecule has 0 aliphatic rings. The van der Waals surface area contributed by atoms with Gasteiger partial charge in [-0.2, -0.15) is 0 Å². The van der Waals surface area contributed by atoms with E-state index in [4.69, 9.17) is 0 Å². The number of sulfone groups is 1. The smallest absolute Gasteiger partial charge is 0.175 e. The first kappa shape index (κ1) is 11.2. The Kier molecular flexibility index (Phi) is 3.66. The Hall–Kier alpha value is -0.870. The van der Waals surface area contributed by atoms with Crippen molar-refractivity contribution in [2.75, 3.05) is 12.8 Å². The lowest BCUT2D eigenvalue weighted by molar-refractivity contribution is 0.602. The van der Waals surface area contributed by atoms with Crippen LogP contribution in [0.3, 0.4) is 0 Å². The molecule has 1 N–H and O–H groups in total. The normalized spacial score (nSPS) is 11.6. The Bertz CT molecular complexity index is 381. The molecule has 0 aliphatic carbocycles. The van der Waals surface area contributed by atoms with Crippen LogP contribution in [0.2, 0.25) is 0 Å². The molecule has 0 unspecified atom stereocenters. The zero-order valence-electron chi connectivity index (χ0n) is 8.45. The van der Waals surface area contributed by atoms with E-state index in [9.17, 15) is 8.42 Å². The zero-order chi connectivity index (χ0) is 10.6. The van der Waals surface area contributed by atoms with Crippen LogP contribution in [-0.4, -0.2) is 21.2 Å². The summed E-state index contributed by atoms with van der Waals surface area (Å²) in [6, 6.07) is 6.95. The first-order valence-corrected chi connectivity index (χ1v) is 6.43. The standard InChI is InChI=1S/C10H15NO2S/c1-3-11-8-9-4-6-10(7-5-9)14(2,12)13/h4-7,11H,3,8H2,1-2H3. The van der Waals surface area contributed by atoms with Crippen molar-refractivity contribution in [1.29, 1.82) is 0 Å². The number of nitrogens with one attached hydrogen (secondary N) is 1. The average Bonchev–Trinajstić information content (AvgIpc) is 2.14. The van der Waals surface area contributed by atoms with E-state index in [1.54, 1.807) is 12.1 Å². The SMILES string of the molecule is CCNCc1ccc(S(C)(=O)=O)cc1. The van der Waals surface area contributed by atoms with E-state index in [0.717, 1.165) is 18.7 Å². The summed E-state index contributed by atoms with van der Waals surface area (Å²) >= 11 is 0. The number of hydrogen-bond acceptors (Lipinski definition) is 3. The van der Waals surface area contributed by atoms with Gasteiger partial charge in [-0.15, -0.1) is 0 Å². The number of benzene rings is 1. The first-order chi connectivity index (χ1) is 6.54. The molecule has 0 spiro atoms. The van der Waals surface area contributed by atoms with Gasteiger partial charge in [0.25, 0.3) is 0 Å². The van der Waals surface area contributed by atoms with Crippen molar-refractivity contribution in [3.63, 3.8) is 0 Å². The molecule has 3 nitrogen and oxygen atoms in total. The maximum absolute atomic E-state index is 11.1. The monoisotopic (exact) mass is 213 g/mol. The maximum Gasteiger partial charge on any atom is 0.175 e. The molecule has 0 bridgehead atoms. The predicted octanol–water partition coefficient (Wildman–Crippen LogP) is 1.20. The second-order valence-electron chi connectivity index (χ2n) is 3.20. The van der Waals surface area contributed by atoms with Gasteiger partial charge in [-0.05, 0) is 24.2 Å². The van der Waals surface area contributed by atoms with Gasteiger partial charge in [-0.1, -0.05) is 19.1 Å². The molecule has 0 saturated carbocycles. The van der Waals surface area contributed by atoms with Crippen molar-refractivity contribution in [3.05, 3.63) is 29.8 Å². The largest absolute Gasteiger partial charge is 0.313 e. The van der Waals surface area contributed by atoms with Crippen molar-refractivity contribution in [2.45, 2.75) is 18.4 Å². The number of rotatable bonds is 4. The molecule has 0 radical (unpaired) electrons. The van der Waals surface area contributed by atoms with Gasteiger partial charge in [0, 0.05) is 12.8 Å². The predicted molar refractivity (Wildman–Crippen MR) is 56.9 cm³/mol. The molecule has 0 heterocycles. The third kappa shape index (κ3) is 3.12. The van der Waals surface area contributed by atoms with E-state index >= 15 is 0 Å². The number of hydrogen-bond donors (Lipinski definition) is 1. The molecule has 1 aromatic carbocycles. The second kappa shape index (κ2) is 4.57. The van der Waals surface area contributed by atoms with Gasteiger partial charge in [0.05, 0.1) is 4.90 Å². The lowest BCUT2D eigenvalue weighted by atomic mass is 10.2. The van der Waals surface area contributed by atoms with E-state index in [0.29, 0.717) is 4.90 Å². The molecular formula is C10H15NO2S. The van der Waals surface area contributed by atoms with Crippen LogP contribution < -0.4 is 5.32 Å². The Balaban J connectivity index is 2.79. The first-order valence-electron chi connectivity index (χ1n) is 4.53. The van der Waals surface area contributed by atoms with Crippen molar-refractivity contribution in [2.24, 2.45) is 0 Å². The van der Waals surface area contributed by atoms with E-state index in [1.807, 2.05) is 19.1 Å². The molecule has 1 rings (SSSR count). The van der Waals surface area contributed by atoms with Crippen LogP contribution in [0.4, 0.5) is 0 Å². The van der Waals surface area contributed by atoms with Gasteiger partial charge in [0.1, 0.15) is 0 Å². The third-order valence-electron chi connectivity index (χ3n) is 1.93. The molecule has 0 aliphatic heterocycles. The summed E-state index contributed by atoms with van der Waals surface area (Å²) in [5, 5.41) is 3.17. The van der Waals surface area contributed by atoms with Crippen LogP contribution in [0.15, 0.2) is 29.2 Å². The zero-order valence-corrected chi connectivity index (χ0v) is 9.26. The molecule has 0 saturated heterocycles. The van der Waals surface area contributed by atoms with Gasteiger partial charge in [0.2, 0.25) is 0 Å².